The molecule has 0 saturated heterocycles. The minimum atomic E-state index is -0.181. The number of aryl methyl sites for hydroxylation is 1. The SMILES string of the molecule is Cc1cc(NC(=O)c2ccc3nc(Cc4ccccc4)oc3c2)ccc1Br. The van der Waals surface area contributed by atoms with Gasteiger partial charge in [-0.05, 0) is 54.4 Å². The van der Waals surface area contributed by atoms with Crippen LogP contribution in [0, 0.1) is 6.92 Å². The van der Waals surface area contributed by atoms with Crippen molar-refractivity contribution < 1.29 is 9.21 Å². The molecule has 4 nitrogen and oxygen atoms in total. The van der Waals surface area contributed by atoms with Gasteiger partial charge in [0.2, 0.25) is 0 Å². The molecule has 134 valence electrons. The maximum absolute atomic E-state index is 12.6. The Hall–Kier alpha value is -2.92. The van der Waals surface area contributed by atoms with Crippen molar-refractivity contribution in [2.24, 2.45) is 0 Å². The lowest BCUT2D eigenvalue weighted by atomic mass is 10.1. The summed E-state index contributed by atoms with van der Waals surface area (Å²) in [5.74, 6) is 0.455. The third-order valence-electron chi connectivity index (χ3n) is 4.31. The van der Waals surface area contributed by atoms with E-state index in [-0.39, 0.29) is 5.91 Å². The maximum Gasteiger partial charge on any atom is 0.255 e. The van der Waals surface area contributed by atoms with Gasteiger partial charge in [0.05, 0.1) is 0 Å². The molecule has 4 aromatic rings. The van der Waals surface area contributed by atoms with Crippen molar-refractivity contribution >= 4 is 38.6 Å². The number of anilines is 1. The fraction of sp³-hybridized carbons (Fsp3) is 0.0909. The molecule has 0 atom stereocenters. The van der Waals surface area contributed by atoms with Crippen molar-refractivity contribution in [3.63, 3.8) is 0 Å². The number of benzene rings is 3. The van der Waals surface area contributed by atoms with Gasteiger partial charge in [0.15, 0.2) is 11.5 Å². The van der Waals surface area contributed by atoms with Crippen LogP contribution in [0.5, 0.6) is 0 Å². The normalized spacial score (nSPS) is 10.9. The van der Waals surface area contributed by atoms with Crippen LogP contribution in [-0.4, -0.2) is 10.9 Å². The molecule has 5 heteroatoms. The zero-order chi connectivity index (χ0) is 18.8. The molecule has 0 saturated carbocycles. The molecule has 4 rings (SSSR count). The molecule has 0 bridgehead atoms. The molecular weight excluding hydrogens is 404 g/mol. The predicted molar refractivity (Wildman–Crippen MR) is 110 cm³/mol. The Morgan fingerprint density at radius 2 is 1.89 bits per heavy atom. The second kappa shape index (κ2) is 7.37. The number of carbonyl (C=O) groups excluding carboxylic acids is 1. The lowest BCUT2D eigenvalue weighted by molar-refractivity contribution is 0.102. The first kappa shape index (κ1) is 17.5. The third-order valence-corrected chi connectivity index (χ3v) is 5.20. The number of rotatable bonds is 4. The van der Waals surface area contributed by atoms with Crippen molar-refractivity contribution in [1.29, 1.82) is 0 Å². The Bertz CT molecular complexity index is 1120. The molecule has 27 heavy (non-hydrogen) atoms. The van der Waals surface area contributed by atoms with Gasteiger partial charge < -0.3 is 9.73 Å². The van der Waals surface area contributed by atoms with E-state index < -0.39 is 0 Å². The van der Waals surface area contributed by atoms with Gasteiger partial charge in [-0.1, -0.05) is 46.3 Å². The van der Waals surface area contributed by atoms with Gasteiger partial charge in [0.1, 0.15) is 5.52 Å². The molecule has 1 heterocycles. The highest BCUT2D eigenvalue weighted by molar-refractivity contribution is 9.10. The summed E-state index contributed by atoms with van der Waals surface area (Å²) >= 11 is 3.46. The third kappa shape index (κ3) is 3.93. The van der Waals surface area contributed by atoms with Gasteiger partial charge in [-0.2, -0.15) is 0 Å². The summed E-state index contributed by atoms with van der Waals surface area (Å²) in [5.41, 5.74) is 4.84. The van der Waals surface area contributed by atoms with Crippen LogP contribution in [-0.2, 0) is 6.42 Å². The lowest BCUT2D eigenvalue weighted by Crippen LogP contribution is -2.11. The number of nitrogens with zero attached hydrogens (tertiary/aromatic N) is 1. The summed E-state index contributed by atoms with van der Waals surface area (Å²) in [5, 5.41) is 2.92. The van der Waals surface area contributed by atoms with Crippen molar-refractivity contribution in [2.75, 3.05) is 5.32 Å². The topological polar surface area (TPSA) is 55.1 Å². The lowest BCUT2D eigenvalue weighted by Gasteiger charge is -2.07. The zero-order valence-electron chi connectivity index (χ0n) is 14.7. The second-order valence-corrected chi connectivity index (χ2v) is 7.22. The van der Waals surface area contributed by atoms with Gasteiger partial charge in [-0.15, -0.1) is 0 Å². The molecule has 0 unspecified atom stereocenters. The average Bonchev–Trinajstić information content (AvgIpc) is 3.07. The van der Waals surface area contributed by atoms with Gasteiger partial charge >= 0.3 is 0 Å². The number of hydrogen-bond acceptors (Lipinski definition) is 3. The Labute approximate surface area is 165 Å². The molecule has 1 aromatic heterocycles. The highest BCUT2D eigenvalue weighted by Gasteiger charge is 2.12. The summed E-state index contributed by atoms with van der Waals surface area (Å²) in [6.07, 6.45) is 0.620. The van der Waals surface area contributed by atoms with Crippen LogP contribution in [0.3, 0.4) is 0 Å². The predicted octanol–water partition coefficient (Wildman–Crippen LogP) is 5.74. The smallest absolute Gasteiger partial charge is 0.255 e. The average molecular weight is 421 g/mol. The molecule has 0 fully saturated rings. The molecule has 0 aliphatic heterocycles. The zero-order valence-corrected chi connectivity index (χ0v) is 16.3. The van der Waals surface area contributed by atoms with Crippen molar-refractivity contribution in [2.45, 2.75) is 13.3 Å². The van der Waals surface area contributed by atoms with E-state index in [1.165, 1.54) is 0 Å². The van der Waals surface area contributed by atoms with Gasteiger partial charge in [-0.3, -0.25) is 4.79 Å². The van der Waals surface area contributed by atoms with Crippen LogP contribution < -0.4 is 5.32 Å². The number of halogens is 1. The summed E-state index contributed by atoms with van der Waals surface area (Å²) in [7, 11) is 0. The number of nitrogens with one attached hydrogen (secondary N) is 1. The molecule has 3 aromatic carbocycles. The van der Waals surface area contributed by atoms with E-state index in [0.717, 1.165) is 26.8 Å². The Kier molecular flexibility index (Phi) is 4.77. The van der Waals surface area contributed by atoms with Gasteiger partial charge in [0.25, 0.3) is 5.91 Å². The number of oxazole rings is 1. The fourth-order valence-corrected chi connectivity index (χ4v) is 3.13. The minimum absolute atomic E-state index is 0.181. The van der Waals surface area contributed by atoms with E-state index >= 15 is 0 Å². The highest BCUT2D eigenvalue weighted by atomic mass is 79.9. The Morgan fingerprint density at radius 1 is 1.07 bits per heavy atom. The number of hydrogen-bond donors (Lipinski definition) is 1. The van der Waals surface area contributed by atoms with E-state index in [1.54, 1.807) is 12.1 Å². The number of amides is 1. The molecule has 1 N–H and O–H groups in total. The molecular formula is C22H17BrN2O2. The molecule has 1 amide bonds. The molecule has 0 aliphatic rings. The monoisotopic (exact) mass is 420 g/mol. The summed E-state index contributed by atoms with van der Waals surface area (Å²) < 4.78 is 6.86. The van der Waals surface area contributed by atoms with Crippen LogP contribution in [0.4, 0.5) is 5.69 Å². The van der Waals surface area contributed by atoms with E-state index in [1.807, 2.05) is 61.5 Å². The van der Waals surface area contributed by atoms with Crippen LogP contribution in [0.25, 0.3) is 11.1 Å². The van der Waals surface area contributed by atoms with Crippen LogP contribution >= 0.6 is 15.9 Å². The number of fused-ring (bicyclic) bond motifs is 1. The summed E-state index contributed by atoms with van der Waals surface area (Å²) in [6, 6.07) is 21.0. The standard InChI is InChI=1S/C22H17BrN2O2/c1-14-11-17(8-9-18(14)23)24-22(26)16-7-10-19-20(13-16)27-21(25-19)12-15-5-3-2-4-6-15/h2-11,13H,12H2,1H3,(H,24,26). The van der Waals surface area contributed by atoms with Crippen LogP contribution in [0.15, 0.2) is 75.6 Å². The molecule has 0 aliphatic carbocycles. The first-order valence-corrected chi connectivity index (χ1v) is 9.39. The summed E-state index contributed by atoms with van der Waals surface area (Å²) in [4.78, 5) is 17.1. The number of aromatic nitrogens is 1. The minimum Gasteiger partial charge on any atom is -0.440 e. The van der Waals surface area contributed by atoms with Crippen molar-refractivity contribution in [3.05, 3.63) is 93.8 Å². The highest BCUT2D eigenvalue weighted by Crippen LogP contribution is 2.22. The second-order valence-electron chi connectivity index (χ2n) is 6.37. The largest absolute Gasteiger partial charge is 0.440 e. The van der Waals surface area contributed by atoms with Gasteiger partial charge in [0, 0.05) is 22.1 Å². The first-order valence-electron chi connectivity index (χ1n) is 8.59. The summed E-state index contributed by atoms with van der Waals surface area (Å²) in [6.45, 7) is 1.98. The fourth-order valence-electron chi connectivity index (χ4n) is 2.89. The Morgan fingerprint density at radius 3 is 2.67 bits per heavy atom. The van der Waals surface area contributed by atoms with Crippen LogP contribution in [0.2, 0.25) is 0 Å². The number of carbonyl (C=O) groups is 1. The van der Waals surface area contributed by atoms with Crippen LogP contribution in [0.1, 0.15) is 27.4 Å². The first-order chi connectivity index (χ1) is 13.1. The van der Waals surface area contributed by atoms with Crippen molar-refractivity contribution in [3.8, 4) is 0 Å². The molecule has 0 spiro atoms. The molecule has 0 radical (unpaired) electrons. The maximum atomic E-state index is 12.6. The van der Waals surface area contributed by atoms with E-state index in [4.69, 9.17) is 4.42 Å². The van der Waals surface area contributed by atoms with E-state index in [9.17, 15) is 4.79 Å². The van der Waals surface area contributed by atoms with E-state index in [0.29, 0.717) is 23.5 Å². The van der Waals surface area contributed by atoms with E-state index in [2.05, 4.69) is 26.2 Å². The van der Waals surface area contributed by atoms with Crippen molar-refractivity contribution in [1.82, 2.24) is 4.98 Å². The van der Waals surface area contributed by atoms with Gasteiger partial charge in [-0.25, -0.2) is 4.98 Å². The Balaban J connectivity index is 1.55. The quantitative estimate of drug-likeness (QED) is 0.457.